The molecule has 1 atom stereocenters. The molecule has 1 saturated heterocycles. The monoisotopic (exact) mass is 366 g/mol. The first-order valence-electron chi connectivity index (χ1n) is 8.66. The van der Waals surface area contributed by atoms with E-state index >= 15 is 0 Å². The molecule has 3 aromatic rings. The maximum Gasteiger partial charge on any atom is 0.223 e. The fourth-order valence-electron chi connectivity index (χ4n) is 3.56. The molecule has 5 nitrogen and oxygen atoms in total. The molecule has 0 saturated carbocycles. The maximum atomic E-state index is 9.66. The van der Waals surface area contributed by atoms with Crippen molar-refractivity contribution in [3.05, 3.63) is 48.8 Å². The molecule has 3 N–H and O–H groups in total. The number of phenolic OH excluding ortho intramolecular Hbond substituents is 1. The smallest absolute Gasteiger partial charge is 0.223 e. The highest BCUT2D eigenvalue weighted by molar-refractivity contribution is 7.22. The number of fused-ring (bicyclic) bond motifs is 1. The van der Waals surface area contributed by atoms with Gasteiger partial charge in [0.2, 0.25) is 5.95 Å². The Kier molecular flexibility index (Phi) is 4.07. The lowest BCUT2D eigenvalue weighted by atomic mass is 9.88. The lowest BCUT2D eigenvalue weighted by Gasteiger charge is -2.38. The summed E-state index contributed by atoms with van der Waals surface area (Å²) in [6, 6.07) is 9.69. The number of nitrogens with one attached hydrogen (secondary N) is 2. The van der Waals surface area contributed by atoms with E-state index in [4.69, 9.17) is 4.98 Å². The molecular formula is C20H22N4OS. The number of aromatic nitrogens is 2. The van der Waals surface area contributed by atoms with E-state index in [0.29, 0.717) is 5.95 Å². The molecule has 0 radical (unpaired) electrons. The van der Waals surface area contributed by atoms with Crippen LogP contribution in [0.2, 0.25) is 0 Å². The number of hydrogen-bond acceptors (Lipinski definition) is 6. The van der Waals surface area contributed by atoms with Crippen molar-refractivity contribution in [2.45, 2.75) is 38.3 Å². The van der Waals surface area contributed by atoms with Crippen molar-refractivity contribution in [1.29, 1.82) is 0 Å². The van der Waals surface area contributed by atoms with Crippen LogP contribution < -0.4 is 10.6 Å². The molecule has 0 spiro atoms. The van der Waals surface area contributed by atoms with Crippen LogP contribution in [0.5, 0.6) is 5.75 Å². The zero-order valence-electron chi connectivity index (χ0n) is 14.9. The SMILES string of the molecule is C=C1CC(Nc2nccc(-c3cc4ccc(O)cc4s3)n2)CC(C)(C)N1. The molecule has 0 aliphatic carbocycles. The van der Waals surface area contributed by atoms with Crippen LogP contribution in [0.3, 0.4) is 0 Å². The fourth-order valence-corrected chi connectivity index (χ4v) is 4.63. The standard InChI is InChI=1S/C20H22N4OS/c1-12-8-14(11-20(2,3)24-12)22-19-21-7-6-16(23-19)18-9-13-4-5-15(25)10-17(13)26-18/h4-7,9-10,14,24-25H,1,8,11H2,2-3H3,(H,21,22,23). The summed E-state index contributed by atoms with van der Waals surface area (Å²) in [4.78, 5) is 10.2. The number of benzene rings is 1. The number of phenols is 1. The van der Waals surface area contributed by atoms with Crippen molar-refractivity contribution in [1.82, 2.24) is 15.3 Å². The molecule has 134 valence electrons. The van der Waals surface area contributed by atoms with Gasteiger partial charge < -0.3 is 15.7 Å². The van der Waals surface area contributed by atoms with Gasteiger partial charge in [-0.15, -0.1) is 11.3 Å². The Morgan fingerprint density at radius 2 is 2.15 bits per heavy atom. The number of nitrogens with zero attached hydrogens (tertiary/aromatic N) is 2. The third-order valence-electron chi connectivity index (χ3n) is 4.51. The van der Waals surface area contributed by atoms with Crippen LogP contribution in [-0.4, -0.2) is 26.7 Å². The summed E-state index contributed by atoms with van der Waals surface area (Å²) in [7, 11) is 0. The summed E-state index contributed by atoms with van der Waals surface area (Å²) < 4.78 is 1.05. The van der Waals surface area contributed by atoms with E-state index < -0.39 is 0 Å². The Labute approximate surface area is 156 Å². The average molecular weight is 366 g/mol. The van der Waals surface area contributed by atoms with Crippen LogP contribution in [0.4, 0.5) is 5.95 Å². The highest BCUT2D eigenvalue weighted by Crippen LogP contribution is 2.34. The number of anilines is 1. The topological polar surface area (TPSA) is 70.1 Å². The van der Waals surface area contributed by atoms with Crippen molar-refractivity contribution in [2.75, 3.05) is 5.32 Å². The first-order valence-corrected chi connectivity index (χ1v) is 9.48. The second-order valence-corrected chi connectivity index (χ2v) is 8.54. The minimum absolute atomic E-state index is 0.0120. The van der Waals surface area contributed by atoms with E-state index in [1.807, 2.05) is 12.1 Å². The molecule has 26 heavy (non-hydrogen) atoms. The Hall–Kier alpha value is -2.60. The normalized spacial score (nSPS) is 19.3. The molecule has 0 amide bonds. The van der Waals surface area contributed by atoms with Gasteiger partial charge in [0.1, 0.15) is 5.75 Å². The highest BCUT2D eigenvalue weighted by Gasteiger charge is 2.29. The maximum absolute atomic E-state index is 9.66. The van der Waals surface area contributed by atoms with Gasteiger partial charge in [0, 0.05) is 34.6 Å². The van der Waals surface area contributed by atoms with Gasteiger partial charge in [-0.05, 0) is 56.0 Å². The first kappa shape index (κ1) is 16.8. The van der Waals surface area contributed by atoms with Gasteiger partial charge >= 0.3 is 0 Å². The third kappa shape index (κ3) is 3.51. The van der Waals surface area contributed by atoms with Gasteiger partial charge in [-0.3, -0.25) is 0 Å². The predicted molar refractivity (Wildman–Crippen MR) is 108 cm³/mol. The van der Waals surface area contributed by atoms with Crippen LogP contribution in [-0.2, 0) is 0 Å². The van der Waals surface area contributed by atoms with E-state index in [0.717, 1.165) is 39.2 Å². The number of hydrogen-bond donors (Lipinski definition) is 3. The number of rotatable bonds is 3. The van der Waals surface area contributed by atoms with E-state index in [1.54, 1.807) is 29.7 Å². The number of thiophene rings is 1. The molecule has 6 heteroatoms. The fraction of sp³-hybridized carbons (Fsp3) is 0.300. The van der Waals surface area contributed by atoms with E-state index in [2.05, 4.69) is 42.1 Å². The molecule has 1 fully saturated rings. The van der Waals surface area contributed by atoms with Crippen molar-refractivity contribution in [3.8, 4) is 16.3 Å². The molecule has 0 bridgehead atoms. The Morgan fingerprint density at radius 3 is 2.96 bits per heavy atom. The average Bonchev–Trinajstić information content (AvgIpc) is 2.96. The number of aromatic hydroxyl groups is 1. The molecule has 1 aliphatic heterocycles. The van der Waals surface area contributed by atoms with E-state index in [9.17, 15) is 5.11 Å². The molecule has 2 aromatic heterocycles. The van der Waals surface area contributed by atoms with Crippen LogP contribution in [0.1, 0.15) is 26.7 Å². The van der Waals surface area contributed by atoms with Crippen molar-refractivity contribution < 1.29 is 5.11 Å². The van der Waals surface area contributed by atoms with Crippen LogP contribution in [0.15, 0.2) is 48.8 Å². The van der Waals surface area contributed by atoms with Gasteiger partial charge in [-0.2, -0.15) is 0 Å². The minimum atomic E-state index is 0.0120. The molecular weight excluding hydrogens is 344 g/mol. The summed E-state index contributed by atoms with van der Waals surface area (Å²) in [6.45, 7) is 8.44. The molecule has 4 rings (SSSR count). The Morgan fingerprint density at radius 1 is 1.31 bits per heavy atom. The Balaban J connectivity index is 1.59. The lowest BCUT2D eigenvalue weighted by molar-refractivity contribution is 0.324. The summed E-state index contributed by atoms with van der Waals surface area (Å²) in [5.74, 6) is 0.919. The van der Waals surface area contributed by atoms with E-state index in [-0.39, 0.29) is 17.3 Å². The van der Waals surface area contributed by atoms with Crippen LogP contribution >= 0.6 is 11.3 Å². The van der Waals surface area contributed by atoms with Crippen molar-refractivity contribution >= 4 is 27.4 Å². The van der Waals surface area contributed by atoms with Crippen molar-refractivity contribution in [3.63, 3.8) is 0 Å². The minimum Gasteiger partial charge on any atom is -0.508 e. The van der Waals surface area contributed by atoms with Crippen LogP contribution in [0.25, 0.3) is 20.7 Å². The quantitative estimate of drug-likeness (QED) is 0.636. The van der Waals surface area contributed by atoms with Gasteiger partial charge in [-0.1, -0.05) is 6.58 Å². The summed E-state index contributed by atoms with van der Waals surface area (Å²) >= 11 is 1.62. The summed E-state index contributed by atoms with van der Waals surface area (Å²) in [5, 5.41) is 17.7. The Bertz CT molecular complexity index is 979. The molecule has 3 heterocycles. The van der Waals surface area contributed by atoms with Gasteiger partial charge in [0.05, 0.1) is 10.6 Å². The van der Waals surface area contributed by atoms with Gasteiger partial charge in [0.15, 0.2) is 0 Å². The van der Waals surface area contributed by atoms with Gasteiger partial charge in [0.25, 0.3) is 0 Å². The zero-order valence-corrected chi connectivity index (χ0v) is 15.7. The molecule has 1 aromatic carbocycles. The van der Waals surface area contributed by atoms with Crippen LogP contribution in [0, 0.1) is 0 Å². The lowest BCUT2D eigenvalue weighted by Crippen LogP contribution is -2.48. The van der Waals surface area contributed by atoms with Gasteiger partial charge in [-0.25, -0.2) is 9.97 Å². The van der Waals surface area contributed by atoms with Crippen molar-refractivity contribution in [2.24, 2.45) is 0 Å². The second kappa shape index (κ2) is 6.29. The largest absolute Gasteiger partial charge is 0.508 e. The predicted octanol–water partition coefficient (Wildman–Crippen LogP) is 4.52. The number of piperidine rings is 1. The molecule has 1 aliphatic rings. The van der Waals surface area contributed by atoms with E-state index in [1.165, 1.54) is 0 Å². The molecule has 1 unspecified atom stereocenters. The third-order valence-corrected chi connectivity index (χ3v) is 5.63. The summed E-state index contributed by atoms with van der Waals surface area (Å²) in [6.07, 6.45) is 3.62. The first-order chi connectivity index (χ1) is 12.4. The summed E-state index contributed by atoms with van der Waals surface area (Å²) in [5.41, 5.74) is 1.94. The zero-order chi connectivity index (χ0) is 18.3. The highest BCUT2D eigenvalue weighted by atomic mass is 32.1. The second-order valence-electron chi connectivity index (χ2n) is 7.46.